The Bertz CT molecular complexity index is 813. The van der Waals surface area contributed by atoms with Crippen LogP contribution < -0.4 is 11.1 Å². The first-order chi connectivity index (χ1) is 11.5. The van der Waals surface area contributed by atoms with Crippen molar-refractivity contribution in [1.29, 1.82) is 0 Å². The summed E-state index contributed by atoms with van der Waals surface area (Å²) in [6.45, 7) is 2.22. The Hall–Kier alpha value is -1.66. The van der Waals surface area contributed by atoms with Crippen LogP contribution >= 0.6 is 22.7 Å². The van der Waals surface area contributed by atoms with E-state index < -0.39 is 5.91 Å². The van der Waals surface area contributed by atoms with Crippen molar-refractivity contribution in [2.45, 2.75) is 45.4 Å². The number of fused-ring (bicyclic) bond motifs is 2. The number of carbonyl (C=O) groups excluding carboxylic acids is 2. The lowest BCUT2D eigenvalue weighted by atomic mass is 9.88. The van der Waals surface area contributed by atoms with Crippen molar-refractivity contribution < 1.29 is 9.59 Å². The van der Waals surface area contributed by atoms with E-state index in [1.54, 1.807) is 11.3 Å². The van der Waals surface area contributed by atoms with E-state index in [4.69, 9.17) is 5.73 Å². The van der Waals surface area contributed by atoms with Gasteiger partial charge in [0, 0.05) is 9.75 Å². The first-order valence-electron chi connectivity index (χ1n) is 8.40. The maximum absolute atomic E-state index is 12.6. The monoisotopic (exact) mass is 360 g/mol. The van der Waals surface area contributed by atoms with Crippen molar-refractivity contribution in [3.63, 3.8) is 0 Å². The summed E-state index contributed by atoms with van der Waals surface area (Å²) in [7, 11) is 0. The predicted octanol–water partition coefficient (Wildman–Crippen LogP) is 3.77. The topological polar surface area (TPSA) is 72.2 Å². The van der Waals surface area contributed by atoms with E-state index in [0.29, 0.717) is 16.5 Å². The van der Waals surface area contributed by atoms with E-state index in [0.717, 1.165) is 42.5 Å². The van der Waals surface area contributed by atoms with Gasteiger partial charge in [0.25, 0.3) is 11.8 Å². The fourth-order valence-electron chi connectivity index (χ4n) is 3.71. The Morgan fingerprint density at radius 2 is 2.04 bits per heavy atom. The van der Waals surface area contributed by atoms with E-state index in [1.807, 2.05) is 6.07 Å². The van der Waals surface area contributed by atoms with Crippen LogP contribution in [0, 0.1) is 5.92 Å². The van der Waals surface area contributed by atoms with Gasteiger partial charge in [-0.3, -0.25) is 9.59 Å². The molecule has 0 fully saturated rings. The molecule has 4 nitrogen and oxygen atoms in total. The number of hydrogen-bond donors (Lipinski definition) is 2. The summed E-state index contributed by atoms with van der Waals surface area (Å²) in [5.74, 6) is 0.0512. The largest absolute Gasteiger partial charge is 0.365 e. The number of rotatable bonds is 3. The zero-order valence-electron chi connectivity index (χ0n) is 13.6. The van der Waals surface area contributed by atoms with E-state index in [1.165, 1.54) is 33.1 Å². The van der Waals surface area contributed by atoms with Crippen LogP contribution in [-0.4, -0.2) is 11.8 Å². The minimum Gasteiger partial charge on any atom is -0.365 e. The third kappa shape index (κ3) is 2.67. The Kier molecular flexibility index (Phi) is 3.96. The van der Waals surface area contributed by atoms with E-state index in [2.05, 4.69) is 12.2 Å². The first kappa shape index (κ1) is 15.8. The molecule has 2 aromatic rings. The maximum Gasteiger partial charge on any atom is 0.266 e. The molecular weight excluding hydrogens is 340 g/mol. The molecule has 2 amide bonds. The van der Waals surface area contributed by atoms with Gasteiger partial charge in [0.15, 0.2) is 0 Å². The molecule has 0 bridgehead atoms. The van der Waals surface area contributed by atoms with Crippen LogP contribution in [0.25, 0.3) is 0 Å². The second kappa shape index (κ2) is 6.01. The molecule has 2 aliphatic carbocycles. The third-order valence-corrected chi connectivity index (χ3v) is 7.36. The molecule has 0 saturated heterocycles. The number of amides is 2. The summed E-state index contributed by atoms with van der Waals surface area (Å²) in [6.07, 6.45) is 6.22. The third-order valence-electron chi connectivity index (χ3n) is 4.96. The summed E-state index contributed by atoms with van der Waals surface area (Å²) in [6, 6.07) is 2.00. The quantitative estimate of drug-likeness (QED) is 0.874. The molecule has 0 aliphatic heterocycles. The van der Waals surface area contributed by atoms with Gasteiger partial charge in [0.2, 0.25) is 0 Å². The molecule has 0 radical (unpaired) electrons. The fourth-order valence-corrected chi connectivity index (χ4v) is 6.27. The molecule has 24 heavy (non-hydrogen) atoms. The molecule has 1 atom stereocenters. The Morgan fingerprint density at radius 1 is 1.21 bits per heavy atom. The smallest absolute Gasteiger partial charge is 0.266 e. The van der Waals surface area contributed by atoms with Gasteiger partial charge in [-0.15, -0.1) is 22.7 Å². The molecule has 0 saturated carbocycles. The number of aryl methyl sites for hydroxylation is 2. The summed E-state index contributed by atoms with van der Waals surface area (Å²) >= 11 is 3.09. The van der Waals surface area contributed by atoms with Crippen molar-refractivity contribution in [3.05, 3.63) is 37.4 Å². The van der Waals surface area contributed by atoms with Crippen molar-refractivity contribution in [2.75, 3.05) is 5.32 Å². The molecule has 2 aromatic heterocycles. The van der Waals surface area contributed by atoms with Crippen molar-refractivity contribution in [1.82, 2.24) is 0 Å². The van der Waals surface area contributed by atoms with Gasteiger partial charge in [0.05, 0.1) is 10.4 Å². The van der Waals surface area contributed by atoms with Crippen LogP contribution in [0.15, 0.2) is 6.07 Å². The molecule has 0 unspecified atom stereocenters. The minimum atomic E-state index is -0.439. The molecule has 6 heteroatoms. The predicted molar refractivity (Wildman–Crippen MR) is 98.3 cm³/mol. The van der Waals surface area contributed by atoms with Crippen LogP contribution in [0.4, 0.5) is 5.00 Å². The minimum absolute atomic E-state index is 0.122. The van der Waals surface area contributed by atoms with Gasteiger partial charge in [0.1, 0.15) is 5.00 Å². The van der Waals surface area contributed by atoms with Crippen LogP contribution in [0.2, 0.25) is 0 Å². The number of thiophene rings is 2. The zero-order chi connectivity index (χ0) is 16.8. The van der Waals surface area contributed by atoms with Gasteiger partial charge >= 0.3 is 0 Å². The van der Waals surface area contributed by atoms with Crippen LogP contribution in [0.3, 0.4) is 0 Å². The fraction of sp³-hybridized carbons (Fsp3) is 0.444. The Labute approximate surface area is 149 Å². The number of hydrogen-bond acceptors (Lipinski definition) is 4. The Morgan fingerprint density at radius 3 is 2.79 bits per heavy atom. The highest BCUT2D eigenvalue weighted by Gasteiger charge is 2.28. The van der Waals surface area contributed by atoms with Gasteiger partial charge in [-0.1, -0.05) is 6.92 Å². The molecule has 3 N–H and O–H groups in total. The SMILES string of the molecule is C[C@H]1CCc2c(sc(NC(=O)c3cc4c(s3)CCC4)c2C(N)=O)C1. The molecule has 126 valence electrons. The van der Waals surface area contributed by atoms with Crippen molar-refractivity contribution in [2.24, 2.45) is 11.7 Å². The summed E-state index contributed by atoms with van der Waals surface area (Å²) < 4.78 is 0. The van der Waals surface area contributed by atoms with Gasteiger partial charge < -0.3 is 11.1 Å². The van der Waals surface area contributed by atoms with Gasteiger partial charge in [-0.2, -0.15) is 0 Å². The maximum atomic E-state index is 12.6. The summed E-state index contributed by atoms with van der Waals surface area (Å²) in [4.78, 5) is 27.8. The lowest BCUT2D eigenvalue weighted by molar-refractivity contribution is 0.1000. The van der Waals surface area contributed by atoms with Crippen molar-refractivity contribution >= 4 is 39.5 Å². The molecule has 2 heterocycles. The van der Waals surface area contributed by atoms with Crippen LogP contribution in [0.5, 0.6) is 0 Å². The molecule has 2 aliphatic rings. The second-order valence-electron chi connectivity index (χ2n) is 6.79. The van der Waals surface area contributed by atoms with Crippen LogP contribution in [0.1, 0.15) is 60.7 Å². The number of nitrogens with one attached hydrogen (secondary N) is 1. The molecule has 4 rings (SSSR count). The lowest BCUT2D eigenvalue weighted by Gasteiger charge is -2.18. The molecule has 0 aromatic carbocycles. The average Bonchev–Trinajstić information content (AvgIpc) is 3.17. The first-order valence-corrected chi connectivity index (χ1v) is 10.0. The van der Waals surface area contributed by atoms with E-state index >= 15 is 0 Å². The number of primary amides is 1. The number of nitrogens with two attached hydrogens (primary N) is 1. The van der Waals surface area contributed by atoms with E-state index in [9.17, 15) is 9.59 Å². The average molecular weight is 361 g/mol. The normalized spacial score (nSPS) is 19.0. The highest BCUT2D eigenvalue weighted by Crippen LogP contribution is 2.40. The highest BCUT2D eigenvalue weighted by molar-refractivity contribution is 7.17. The Balaban J connectivity index is 1.63. The van der Waals surface area contributed by atoms with E-state index in [-0.39, 0.29) is 5.91 Å². The second-order valence-corrected chi connectivity index (χ2v) is 9.03. The number of anilines is 1. The zero-order valence-corrected chi connectivity index (χ0v) is 15.2. The summed E-state index contributed by atoms with van der Waals surface area (Å²) in [5.41, 5.74) is 8.49. The lowest BCUT2D eigenvalue weighted by Crippen LogP contribution is -2.19. The standard InChI is InChI=1S/C18H20N2O2S2/c1-9-5-6-11-13(7-9)24-18(15(11)16(19)21)20-17(22)14-8-10-3-2-4-12(10)23-14/h8-9H,2-7H2,1H3,(H2,19,21)(H,20,22)/t9-/m0/s1. The van der Waals surface area contributed by atoms with Gasteiger partial charge in [-0.05, 0) is 61.6 Å². The molecule has 0 spiro atoms. The van der Waals surface area contributed by atoms with Crippen molar-refractivity contribution in [3.8, 4) is 0 Å². The van der Waals surface area contributed by atoms with Gasteiger partial charge in [-0.25, -0.2) is 0 Å². The number of carbonyl (C=O) groups is 2. The highest BCUT2D eigenvalue weighted by atomic mass is 32.1. The van der Waals surface area contributed by atoms with Crippen LogP contribution in [-0.2, 0) is 25.7 Å². The molecular formula is C18H20N2O2S2. The summed E-state index contributed by atoms with van der Waals surface area (Å²) in [5, 5.41) is 3.58.